The average molecular weight is 1140 g/mol. The maximum absolute atomic E-state index is 12.9. The molecule has 0 aliphatic heterocycles. The first-order valence-electron chi connectivity index (χ1n) is 34.2. The van der Waals surface area contributed by atoms with Crippen LogP contribution in [0.4, 0.5) is 0 Å². The lowest BCUT2D eigenvalue weighted by Crippen LogP contribution is -2.30. The predicted octanol–water partition coefficient (Wildman–Crippen LogP) is 23.7. The standard InChI is InChI=1S/C76H126O6/c1-4-7-10-13-16-19-22-25-28-30-32-34-36-37-38-39-41-42-44-46-48-51-54-57-60-63-66-69-75(78)81-72-73(71-80-74(77)68-65-62-59-56-53-50-27-24-21-18-15-12-9-6-3)82-76(79)70-67-64-61-58-55-52-49-47-45-43-40-35-33-31-29-26-23-20-17-14-11-8-5-2/h7-8,10-11,16-17,19-20,25-26,28-29,32-35,37-38,43,45,49,52,73H,4-6,9,12-15,18,21-24,27,30-31,36,39-42,44,46-48,50-51,53-72H2,1-3H3/b10-7-,11-8-,19-16-,20-17-,28-25-,29-26-,34-32-,35-33-,38-37-,45-43-,52-49-. The van der Waals surface area contributed by atoms with Crippen molar-refractivity contribution in [3.8, 4) is 0 Å². The first-order chi connectivity index (χ1) is 40.5. The van der Waals surface area contributed by atoms with Crippen LogP contribution in [0, 0.1) is 0 Å². The largest absolute Gasteiger partial charge is 0.462 e. The van der Waals surface area contributed by atoms with Crippen LogP contribution in [0.1, 0.15) is 310 Å². The highest BCUT2D eigenvalue weighted by atomic mass is 16.6. The lowest BCUT2D eigenvalue weighted by Gasteiger charge is -2.18. The smallest absolute Gasteiger partial charge is 0.306 e. The zero-order valence-corrected chi connectivity index (χ0v) is 53.5. The molecule has 6 nitrogen and oxygen atoms in total. The molecule has 1 atom stereocenters. The van der Waals surface area contributed by atoms with Gasteiger partial charge >= 0.3 is 17.9 Å². The summed E-state index contributed by atoms with van der Waals surface area (Å²) in [6, 6.07) is 0. The van der Waals surface area contributed by atoms with E-state index in [1.807, 2.05) is 0 Å². The Labute approximate surface area is 506 Å². The molecule has 0 bridgehead atoms. The number of ether oxygens (including phenoxy) is 3. The van der Waals surface area contributed by atoms with Gasteiger partial charge in [-0.05, 0) is 116 Å². The minimum Gasteiger partial charge on any atom is -0.462 e. The highest BCUT2D eigenvalue weighted by Gasteiger charge is 2.19. The van der Waals surface area contributed by atoms with E-state index in [1.165, 1.54) is 128 Å². The summed E-state index contributed by atoms with van der Waals surface area (Å²) in [5.41, 5.74) is 0. The molecule has 1 unspecified atom stereocenters. The van der Waals surface area contributed by atoms with E-state index in [4.69, 9.17) is 14.2 Å². The van der Waals surface area contributed by atoms with Crippen LogP contribution in [0.2, 0.25) is 0 Å². The average Bonchev–Trinajstić information content (AvgIpc) is 3.47. The number of carbonyl (C=O) groups is 3. The zero-order chi connectivity index (χ0) is 59.2. The molecule has 0 spiro atoms. The summed E-state index contributed by atoms with van der Waals surface area (Å²) in [5, 5.41) is 0. The van der Waals surface area contributed by atoms with E-state index in [0.29, 0.717) is 19.3 Å². The second-order valence-corrected chi connectivity index (χ2v) is 22.3. The molecule has 0 aliphatic rings. The van der Waals surface area contributed by atoms with Crippen LogP contribution in [-0.2, 0) is 28.6 Å². The van der Waals surface area contributed by atoms with Gasteiger partial charge in [-0.25, -0.2) is 0 Å². The van der Waals surface area contributed by atoms with Crippen molar-refractivity contribution in [2.75, 3.05) is 13.2 Å². The number of carbonyl (C=O) groups excluding carboxylic acids is 3. The number of allylic oxidation sites excluding steroid dienone is 22. The van der Waals surface area contributed by atoms with Crippen LogP contribution in [0.15, 0.2) is 134 Å². The minimum atomic E-state index is -0.797. The van der Waals surface area contributed by atoms with Crippen molar-refractivity contribution >= 4 is 17.9 Å². The molecular formula is C76H126O6. The maximum atomic E-state index is 12.9. The molecular weight excluding hydrogens is 1010 g/mol. The van der Waals surface area contributed by atoms with E-state index >= 15 is 0 Å². The summed E-state index contributed by atoms with van der Waals surface area (Å²) >= 11 is 0. The van der Waals surface area contributed by atoms with Gasteiger partial charge in [0.1, 0.15) is 13.2 Å². The van der Waals surface area contributed by atoms with Crippen LogP contribution < -0.4 is 0 Å². The second-order valence-electron chi connectivity index (χ2n) is 22.3. The molecule has 0 aromatic rings. The van der Waals surface area contributed by atoms with Gasteiger partial charge in [0.15, 0.2) is 6.10 Å². The highest BCUT2D eigenvalue weighted by molar-refractivity contribution is 5.71. The molecule has 0 saturated carbocycles. The van der Waals surface area contributed by atoms with Crippen LogP contribution in [0.3, 0.4) is 0 Å². The van der Waals surface area contributed by atoms with Crippen molar-refractivity contribution in [3.63, 3.8) is 0 Å². The van der Waals surface area contributed by atoms with Gasteiger partial charge in [0.25, 0.3) is 0 Å². The Morgan fingerprint density at radius 2 is 0.476 bits per heavy atom. The topological polar surface area (TPSA) is 78.9 Å². The first-order valence-corrected chi connectivity index (χ1v) is 34.2. The molecule has 0 radical (unpaired) electrons. The summed E-state index contributed by atoms with van der Waals surface area (Å²) in [6.07, 6.45) is 97.5. The number of rotatable bonds is 61. The molecule has 466 valence electrons. The Balaban J connectivity index is 4.39. The number of hydrogen-bond acceptors (Lipinski definition) is 6. The van der Waals surface area contributed by atoms with Crippen molar-refractivity contribution in [1.82, 2.24) is 0 Å². The Kier molecular flexibility index (Phi) is 65.3. The monoisotopic (exact) mass is 1130 g/mol. The van der Waals surface area contributed by atoms with Gasteiger partial charge in [-0.2, -0.15) is 0 Å². The highest BCUT2D eigenvalue weighted by Crippen LogP contribution is 2.16. The van der Waals surface area contributed by atoms with E-state index in [0.717, 1.165) is 141 Å². The van der Waals surface area contributed by atoms with E-state index in [1.54, 1.807) is 0 Å². The first kappa shape index (κ1) is 77.5. The van der Waals surface area contributed by atoms with Crippen LogP contribution in [0.5, 0.6) is 0 Å². The number of hydrogen-bond donors (Lipinski definition) is 0. The molecule has 0 saturated heterocycles. The van der Waals surface area contributed by atoms with Crippen molar-refractivity contribution in [1.29, 1.82) is 0 Å². The molecule has 0 N–H and O–H groups in total. The summed E-state index contributed by atoms with van der Waals surface area (Å²) in [5.74, 6) is -0.910. The molecule has 0 heterocycles. The quantitative estimate of drug-likeness (QED) is 0.0261. The summed E-state index contributed by atoms with van der Waals surface area (Å²) in [6.45, 7) is 6.41. The number of unbranched alkanes of at least 4 members (excludes halogenated alkanes) is 28. The molecule has 0 aromatic heterocycles. The van der Waals surface area contributed by atoms with Gasteiger partial charge in [-0.3, -0.25) is 14.4 Å². The number of esters is 3. The minimum absolute atomic E-state index is 0.0898. The van der Waals surface area contributed by atoms with Crippen LogP contribution in [0.25, 0.3) is 0 Å². The summed E-state index contributed by atoms with van der Waals surface area (Å²) < 4.78 is 17.0. The Bertz CT molecular complexity index is 1730. The lowest BCUT2D eigenvalue weighted by molar-refractivity contribution is -0.167. The van der Waals surface area contributed by atoms with Crippen molar-refractivity contribution in [2.24, 2.45) is 0 Å². The van der Waals surface area contributed by atoms with Gasteiger partial charge in [0, 0.05) is 19.3 Å². The fourth-order valence-electron chi connectivity index (χ4n) is 9.36. The normalized spacial score (nSPS) is 13.0. The van der Waals surface area contributed by atoms with Gasteiger partial charge < -0.3 is 14.2 Å². The van der Waals surface area contributed by atoms with Crippen molar-refractivity contribution < 1.29 is 28.6 Å². The van der Waals surface area contributed by atoms with E-state index < -0.39 is 6.10 Å². The molecule has 0 rings (SSSR count). The SMILES string of the molecule is CC/C=C\C/C=C\C/C=C\C/C=C\C/C=C\C/C=C\CCCCCCC(=O)OC(COC(=O)CCCCCCCCCCCCC/C=C\C/C=C\C/C=C\C/C=C\C/C=C\CC)COC(=O)CCCCCCCCCCCCCCCC. The predicted molar refractivity (Wildman–Crippen MR) is 357 cm³/mol. The fraction of sp³-hybridized carbons (Fsp3) is 0.671. The van der Waals surface area contributed by atoms with Gasteiger partial charge in [-0.15, -0.1) is 0 Å². The fourth-order valence-corrected chi connectivity index (χ4v) is 9.36. The molecule has 6 heteroatoms. The van der Waals surface area contributed by atoms with Crippen LogP contribution >= 0.6 is 0 Å². The second kappa shape index (κ2) is 69.0. The van der Waals surface area contributed by atoms with E-state index in [2.05, 4.69) is 154 Å². The Morgan fingerprint density at radius 1 is 0.256 bits per heavy atom. The van der Waals surface area contributed by atoms with Gasteiger partial charge in [0.05, 0.1) is 0 Å². The van der Waals surface area contributed by atoms with Gasteiger partial charge in [0.2, 0.25) is 0 Å². The maximum Gasteiger partial charge on any atom is 0.306 e. The van der Waals surface area contributed by atoms with Gasteiger partial charge in [-0.1, -0.05) is 309 Å². The zero-order valence-electron chi connectivity index (χ0n) is 53.5. The third kappa shape index (κ3) is 66.4. The molecule has 0 amide bonds. The van der Waals surface area contributed by atoms with E-state index in [9.17, 15) is 14.4 Å². The van der Waals surface area contributed by atoms with Crippen molar-refractivity contribution in [3.05, 3.63) is 134 Å². The molecule has 0 fully saturated rings. The summed E-state index contributed by atoms with van der Waals surface area (Å²) in [7, 11) is 0. The molecule has 0 aliphatic carbocycles. The van der Waals surface area contributed by atoms with Crippen LogP contribution in [-0.4, -0.2) is 37.2 Å². The third-order valence-corrected chi connectivity index (χ3v) is 14.4. The molecule has 0 aromatic carbocycles. The third-order valence-electron chi connectivity index (χ3n) is 14.4. The van der Waals surface area contributed by atoms with Crippen molar-refractivity contribution in [2.45, 2.75) is 316 Å². The van der Waals surface area contributed by atoms with E-state index in [-0.39, 0.29) is 31.1 Å². The Hall–Kier alpha value is -4.45. The molecule has 82 heavy (non-hydrogen) atoms. The summed E-state index contributed by atoms with van der Waals surface area (Å²) in [4.78, 5) is 38.4. The Morgan fingerprint density at radius 3 is 0.744 bits per heavy atom. The lowest BCUT2D eigenvalue weighted by atomic mass is 10.0.